The molecule has 1 aromatic heterocycles. The van der Waals surface area contributed by atoms with E-state index >= 15 is 0 Å². The summed E-state index contributed by atoms with van der Waals surface area (Å²) >= 11 is 5.95. The minimum absolute atomic E-state index is 0.145. The smallest absolute Gasteiger partial charge is 0.344 e. The van der Waals surface area contributed by atoms with Crippen LogP contribution in [0.1, 0.15) is 25.0 Å². The van der Waals surface area contributed by atoms with Crippen molar-refractivity contribution in [3.8, 4) is 16.9 Å². The second-order valence-corrected chi connectivity index (χ2v) is 6.73. The number of nitrogens with zero attached hydrogens (tertiary/aromatic N) is 1. The van der Waals surface area contributed by atoms with Crippen molar-refractivity contribution < 1.29 is 9.52 Å². The Morgan fingerprint density at radius 1 is 1.08 bits per heavy atom. The van der Waals surface area contributed by atoms with Crippen LogP contribution in [0.4, 0.5) is 0 Å². The van der Waals surface area contributed by atoms with E-state index in [1.165, 1.54) is 0 Å². The molecule has 0 bridgehead atoms. The lowest BCUT2D eigenvalue weighted by atomic mass is 9.98. The molecule has 0 saturated heterocycles. The molecule has 0 spiro atoms. The lowest BCUT2D eigenvalue weighted by molar-refractivity contribution is 0.290. The lowest BCUT2D eigenvalue weighted by Gasteiger charge is -2.20. The van der Waals surface area contributed by atoms with Crippen molar-refractivity contribution in [2.45, 2.75) is 27.3 Å². The molecule has 3 rings (SSSR count). The van der Waals surface area contributed by atoms with E-state index in [1.807, 2.05) is 19.1 Å². The maximum Gasteiger partial charge on any atom is 0.344 e. The molecule has 1 N–H and O–H groups in total. The van der Waals surface area contributed by atoms with Gasteiger partial charge in [-0.2, -0.15) is 0 Å². The van der Waals surface area contributed by atoms with Gasteiger partial charge < -0.3 is 9.52 Å². The minimum atomic E-state index is -0.413. The number of aryl methyl sites for hydroxylation is 1. The highest BCUT2D eigenvalue weighted by atomic mass is 35.5. The Kier molecular flexibility index (Phi) is 5.35. The molecule has 0 atom stereocenters. The number of phenolic OH excluding ortho intramolecular Hbond substituents is 1. The van der Waals surface area contributed by atoms with Gasteiger partial charge >= 0.3 is 5.63 Å². The summed E-state index contributed by atoms with van der Waals surface area (Å²) in [6, 6.07) is 10.6. The monoisotopic (exact) mass is 371 g/mol. The summed E-state index contributed by atoms with van der Waals surface area (Å²) in [5.74, 6) is 0.145. The van der Waals surface area contributed by atoms with Gasteiger partial charge in [-0.15, -0.1) is 0 Å². The van der Waals surface area contributed by atoms with Crippen LogP contribution in [0.2, 0.25) is 5.02 Å². The molecule has 0 fully saturated rings. The number of halogens is 1. The maximum absolute atomic E-state index is 12.7. The van der Waals surface area contributed by atoms with Crippen LogP contribution in [-0.2, 0) is 6.54 Å². The van der Waals surface area contributed by atoms with E-state index in [2.05, 4.69) is 18.7 Å². The van der Waals surface area contributed by atoms with Crippen molar-refractivity contribution in [3.63, 3.8) is 0 Å². The van der Waals surface area contributed by atoms with Crippen LogP contribution >= 0.6 is 11.6 Å². The summed E-state index contributed by atoms with van der Waals surface area (Å²) < 4.78 is 5.68. The number of phenols is 1. The number of rotatable bonds is 5. The van der Waals surface area contributed by atoms with Gasteiger partial charge in [0.05, 0.1) is 11.1 Å². The highest BCUT2D eigenvalue weighted by Gasteiger charge is 2.18. The fraction of sp³-hybridized carbons (Fsp3) is 0.286. The van der Waals surface area contributed by atoms with E-state index < -0.39 is 5.63 Å². The number of hydrogen-bond acceptors (Lipinski definition) is 4. The van der Waals surface area contributed by atoms with E-state index in [4.69, 9.17) is 16.0 Å². The van der Waals surface area contributed by atoms with Gasteiger partial charge in [0.2, 0.25) is 0 Å². The first-order chi connectivity index (χ1) is 12.5. The average molecular weight is 372 g/mol. The van der Waals surface area contributed by atoms with Gasteiger partial charge in [-0.25, -0.2) is 4.79 Å². The molecule has 5 heteroatoms. The molecule has 0 amide bonds. The topological polar surface area (TPSA) is 53.7 Å². The molecule has 0 radical (unpaired) electrons. The van der Waals surface area contributed by atoms with Gasteiger partial charge in [0, 0.05) is 17.0 Å². The van der Waals surface area contributed by atoms with Gasteiger partial charge in [-0.05, 0) is 55.4 Å². The molecule has 4 nitrogen and oxygen atoms in total. The van der Waals surface area contributed by atoms with Crippen LogP contribution in [0.25, 0.3) is 22.1 Å². The molecule has 0 aliphatic heterocycles. The molecular weight excluding hydrogens is 350 g/mol. The first kappa shape index (κ1) is 18.5. The Labute approximate surface area is 157 Å². The second kappa shape index (κ2) is 7.52. The molecule has 0 saturated carbocycles. The third kappa shape index (κ3) is 3.35. The second-order valence-electron chi connectivity index (χ2n) is 6.30. The van der Waals surface area contributed by atoms with Gasteiger partial charge in [-0.3, -0.25) is 4.90 Å². The third-order valence-electron chi connectivity index (χ3n) is 4.82. The average Bonchev–Trinajstić information content (AvgIpc) is 2.62. The molecule has 0 aliphatic rings. The summed E-state index contributed by atoms with van der Waals surface area (Å²) in [7, 11) is 0. The van der Waals surface area contributed by atoms with Crippen LogP contribution in [-0.4, -0.2) is 23.1 Å². The highest BCUT2D eigenvalue weighted by molar-refractivity contribution is 6.30. The van der Waals surface area contributed by atoms with E-state index in [9.17, 15) is 9.90 Å². The molecule has 26 heavy (non-hydrogen) atoms. The molecule has 2 aromatic carbocycles. The molecule has 0 aliphatic carbocycles. The van der Waals surface area contributed by atoms with Crippen LogP contribution < -0.4 is 5.63 Å². The SMILES string of the molecule is CCN(CC)Cc1c(O)ccc2c(C)c(-c3ccc(Cl)cc3)c(=O)oc12. The summed E-state index contributed by atoms with van der Waals surface area (Å²) in [4.78, 5) is 14.9. The molecule has 136 valence electrons. The standard InChI is InChI=1S/C21H22ClNO3/c1-4-23(5-2)12-17-18(24)11-10-16-13(3)19(21(25)26-20(16)17)14-6-8-15(22)9-7-14/h6-11,24H,4-5,12H2,1-3H3. The zero-order chi connectivity index (χ0) is 18.8. The van der Waals surface area contributed by atoms with E-state index in [-0.39, 0.29) is 5.75 Å². The van der Waals surface area contributed by atoms with Crippen LogP contribution in [0.5, 0.6) is 5.75 Å². The summed E-state index contributed by atoms with van der Waals surface area (Å²) in [5, 5.41) is 11.8. The molecule has 3 aromatic rings. The highest BCUT2D eigenvalue weighted by Crippen LogP contribution is 2.33. The van der Waals surface area contributed by atoms with Gasteiger partial charge in [-0.1, -0.05) is 37.6 Å². The van der Waals surface area contributed by atoms with Crippen molar-refractivity contribution in [2.24, 2.45) is 0 Å². The Morgan fingerprint density at radius 3 is 2.35 bits per heavy atom. The van der Waals surface area contributed by atoms with Crippen molar-refractivity contribution in [3.05, 3.63) is 63.0 Å². The van der Waals surface area contributed by atoms with Gasteiger partial charge in [0.15, 0.2) is 0 Å². The first-order valence-corrected chi connectivity index (χ1v) is 9.10. The van der Waals surface area contributed by atoms with Crippen molar-refractivity contribution in [1.82, 2.24) is 4.90 Å². The zero-order valence-corrected chi connectivity index (χ0v) is 15.9. The third-order valence-corrected chi connectivity index (χ3v) is 5.07. The summed E-state index contributed by atoms with van der Waals surface area (Å²) in [6.07, 6.45) is 0. The lowest BCUT2D eigenvalue weighted by Crippen LogP contribution is -2.22. The largest absolute Gasteiger partial charge is 0.507 e. The summed E-state index contributed by atoms with van der Waals surface area (Å²) in [5.41, 5.74) is 2.81. The number of benzene rings is 2. The fourth-order valence-corrected chi connectivity index (χ4v) is 3.36. The zero-order valence-electron chi connectivity index (χ0n) is 15.2. The number of hydrogen-bond donors (Lipinski definition) is 1. The van der Waals surface area contributed by atoms with Crippen LogP contribution in [0.3, 0.4) is 0 Å². The first-order valence-electron chi connectivity index (χ1n) is 8.72. The summed E-state index contributed by atoms with van der Waals surface area (Å²) in [6.45, 7) is 8.24. The Bertz CT molecular complexity index is 989. The maximum atomic E-state index is 12.7. The Hall–Kier alpha value is -2.30. The quantitative estimate of drug-likeness (QED) is 0.643. The minimum Gasteiger partial charge on any atom is -0.507 e. The van der Waals surface area contributed by atoms with Crippen molar-refractivity contribution in [1.29, 1.82) is 0 Å². The predicted octanol–water partition coefficient (Wildman–Crippen LogP) is 4.97. The van der Waals surface area contributed by atoms with Gasteiger partial charge in [0.1, 0.15) is 11.3 Å². The van der Waals surface area contributed by atoms with E-state index in [0.29, 0.717) is 28.3 Å². The molecule has 1 heterocycles. The van der Waals surface area contributed by atoms with E-state index in [1.54, 1.807) is 24.3 Å². The molecular formula is C21H22ClNO3. The van der Waals surface area contributed by atoms with Crippen molar-refractivity contribution in [2.75, 3.05) is 13.1 Å². The fourth-order valence-electron chi connectivity index (χ4n) is 3.24. The van der Waals surface area contributed by atoms with Crippen molar-refractivity contribution >= 4 is 22.6 Å². The Balaban J connectivity index is 2.23. The normalized spacial score (nSPS) is 11.4. The number of fused-ring (bicyclic) bond motifs is 1. The Morgan fingerprint density at radius 2 is 1.73 bits per heavy atom. The number of aromatic hydroxyl groups is 1. The van der Waals surface area contributed by atoms with Crippen LogP contribution in [0.15, 0.2) is 45.6 Å². The molecule has 0 unspecified atom stereocenters. The van der Waals surface area contributed by atoms with Crippen LogP contribution in [0, 0.1) is 6.92 Å². The van der Waals surface area contributed by atoms with Gasteiger partial charge in [0.25, 0.3) is 0 Å². The van der Waals surface area contributed by atoms with E-state index in [0.717, 1.165) is 29.6 Å². The predicted molar refractivity (Wildman–Crippen MR) is 106 cm³/mol.